The minimum absolute atomic E-state index is 0.121. The van der Waals surface area contributed by atoms with Gasteiger partial charge in [0.25, 0.3) is 5.91 Å². The molecule has 122 valence electrons. The van der Waals surface area contributed by atoms with Crippen LogP contribution in [0.5, 0.6) is 5.75 Å². The van der Waals surface area contributed by atoms with Crippen LogP contribution in [-0.4, -0.2) is 31.5 Å². The monoisotopic (exact) mass is 307 g/mol. The number of unbranched alkanes of at least 4 members (excludes halogenated alkanes) is 2. The van der Waals surface area contributed by atoms with Gasteiger partial charge in [0.1, 0.15) is 5.75 Å². The Kier molecular flexibility index (Phi) is 7.81. The molecule has 22 heavy (non-hydrogen) atoms. The van der Waals surface area contributed by atoms with Crippen LogP contribution < -0.4 is 21.1 Å². The normalized spacial score (nSPS) is 10.1. The summed E-state index contributed by atoms with van der Waals surface area (Å²) < 4.78 is 5.62. The first kappa shape index (κ1) is 17.8. The van der Waals surface area contributed by atoms with Crippen molar-refractivity contribution in [1.29, 1.82) is 0 Å². The van der Waals surface area contributed by atoms with Gasteiger partial charge < -0.3 is 21.1 Å². The van der Waals surface area contributed by atoms with E-state index in [-0.39, 0.29) is 11.8 Å². The van der Waals surface area contributed by atoms with Crippen molar-refractivity contribution in [3.63, 3.8) is 0 Å². The minimum atomic E-state index is -0.219. The van der Waals surface area contributed by atoms with E-state index in [4.69, 9.17) is 10.5 Å². The number of carbonyl (C=O) groups excluding carboxylic acids is 2. The molecule has 0 aromatic heterocycles. The molecule has 0 spiro atoms. The molecule has 0 bridgehead atoms. The molecule has 0 saturated heterocycles. The SMILES string of the molecule is CCCCCOc1cc(C(=O)NCCNC(C)=O)ccc1N. The van der Waals surface area contributed by atoms with Gasteiger partial charge in [0, 0.05) is 25.6 Å². The van der Waals surface area contributed by atoms with Gasteiger partial charge in [-0.3, -0.25) is 9.59 Å². The van der Waals surface area contributed by atoms with Gasteiger partial charge in [0.15, 0.2) is 0 Å². The molecule has 0 radical (unpaired) electrons. The van der Waals surface area contributed by atoms with Gasteiger partial charge in [-0.1, -0.05) is 19.8 Å². The zero-order valence-electron chi connectivity index (χ0n) is 13.3. The van der Waals surface area contributed by atoms with E-state index < -0.39 is 0 Å². The molecule has 1 aromatic carbocycles. The molecule has 0 fully saturated rings. The smallest absolute Gasteiger partial charge is 0.251 e. The largest absolute Gasteiger partial charge is 0.491 e. The second-order valence-corrected chi connectivity index (χ2v) is 5.05. The summed E-state index contributed by atoms with van der Waals surface area (Å²) in [4.78, 5) is 22.7. The highest BCUT2D eigenvalue weighted by Gasteiger charge is 2.09. The van der Waals surface area contributed by atoms with Gasteiger partial charge in [0.2, 0.25) is 5.91 Å². The summed E-state index contributed by atoms with van der Waals surface area (Å²) in [7, 11) is 0. The van der Waals surface area contributed by atoms with E-state index in [2.05, 4.69) is 17.6 Å². The molecular weight excluding hydrogens is 282 g/mol. The lowest BCUT2D eigenvalue weighted by atomic mass is 10.1. The van der Waals surface area contributed by atoms with E-state index in [1.54, 1.807) is 18.2 Å². The molecule has 2 amide bonds. The second kappa shape index (κ2) is 9.65. The molecule has 6 heteroatoms. The van der Waals surface area contributed by atoms with Crippen LogP contribution in [0.4, 0.5) is 5.69 Å². The molecule has 0 atom stereocenters. The molecular formula is C16H25N3O3. The third kappa shape index (κ3) is 6.47. The summed E-state index contributed by atoms with van der Waals surface area (Å²) in [6, 6.07) is 4.97. The average molecular weight is 307 g/mol. The Balaban J connectivity index is 2.52. The van der Waals surface area contributed by atoms with E-state index in [1.165, 1.54) is 6.92 Å². The lowest BCUT2D eigenvalue weighted by Crippen LogP contribution is -2.33. The molecule has 0 aliphatic rings. The predicted octanol–water partition coefficient (Wildman–Crippen LogP) is 1.70. The maximum atomic E-state index is 12.0. The first-order valence-electron chi connectivity index (χ1n) is 7.59. The van der Waals surface area contributed by atoms with E-state index in [9.17, 15) is 9.59 Å². The van der Waals surface area contributed by atoms with Gasteiger partial charge in [-0.2, -0.15) is 0 Å². The van der Waals surface area contributed by atoms with Crippen molar-refractivity contribution in [3.05, 3.63) is 23.8 Å². The van der Waals surface area contributed by atoms with Gasteiger partial charge in [-0.25, -0.2) is 0 Å². The van der Waals surface area contributed by atoms with Crippen LogP contribution in [0.15, 0.2) is 18.2 Å². The number of nitrogen functional groups attached to an aromatic ring is 1. The van der Waals surface area contributed by atoms with Crippen molar-refractivity contribution in [1.82, 2.24) is 10.6 Å². The second-order valence-electron chi connectivity index (χ2n) is 5.05. The molecule has 0 heterocycles. The number of ether oxygens (including phenoxy) is 1. The first-order valence-corrected chi connectivity index (χ1v) is 7.59. The van der Waals surface area contributed by atoms with E-state index in [0.29, 0.717) is 36.7 Å². The molecule has 0 aliphatic heterocycles. The zero-order chi connectivity index (χ0) is 16.4. The zero-order valence-corrected chi connectivity index (χ0v) is 13.3. The Morgan fingerprint density at radius 1 is 1.18 bits per heavy atom. The fraction of sp³-hybridized carbons (Fsp3) is 0.500. The minimum Gasteiger partial charge on any atom is -0.491 e. The number of anilines is 1. The molecule has 0 saturated carbocycles. The number of nitrogens with two attached hydrogens (primary N) is 1. The fourth-order valence-electron chi connectivity index (χ4n) is 1.85. The van der Waals surface area contributed by atoms with Crippen LogP contribution >= 0.6 is 0 Å². The van der Waals surface area contributed by atoms with E-state index in [0.717, 1.165) is 19.3 Å². The standard InChI is InChI=1S/C16H25N3O3/c1-3-4-5-10-22-15-11-13(6-7-14(15)17)16(21)19-9-8-18-12(2)20/h6-7,11H,3-5,8-10,17H2,1-2H3,(H,18,20)(H,19,21). The third-order valence-corrected chi connectivity index (χ3v) is 3.07. The van der Waals surface area contributed by atoms with Crippen LogP contribution in [0.3, 0.4) is 0 Å². The molecule has 0 aliphatic carbocycles. The van der Waals surface area contributed by atoms with Crippen LogP contribution in [0.1, 0.15) is 43.5 Å². The fourth-order valence-corrected chi connectivity index (χ4v) is 1.85. The highest BCUT2D eigenvalue weighted by molar-refractivity contribution is 5.95. The molecule has 1 aromatic rings. The number of hydrogen-bond acceptors (Lipinski definition) is 4. The Morgan fingerprint density at radius 2 is 1.91 bits per heavy atom. The predicted molar refractivity (Wildman–Crippen MR) is 86.9 cm³/mol. The van der Waals surface area contributed by atoms with Gasteiger partial charge in [-0.05, 0) is 24.6 Å². The summed E-state index contributed by atoms with van der Waals surface area (Å²) in [6.07, 6.45) is 3.18. The van der Waals surface area contributed by atoms with Crippen LogP contribution in [-0.2, 0) is 4.79 Å². The lowest BCUT2D eigenvalue weighted by molar-refractivity contribution is -0.118. The number of nitrogens with one attached hydrogen (secondary N) is 2. The number of carbonyl (C=O) groups is 2. The van der Waals surface area contributed by atoms with Crippen molar-refractivity contribution in [3.8, 4) is 5.75 Å². The van der Waals surface area contributed by atoms with Gasteiger partial charge in [0.05, 0.1) is 12.3 Å². The summed E-state index contributed by atoms with van der Waals surface area (Å²) in [5.74, 6) is 0.193. The van der Waals surface area contributed by atoms with E-state index >= 15 is 0 Å². The first-order chi connectivity index (χ1) is 10.5. The van der Waals surface area contributed by atoms with Crippen molar-refractivity contribution >= 4 is 17.5 Å². The maximum absolute atomic E-state index is 12.0. The molecule has 6 nitrogen and oxygen atoms in total. The van der Waals surface area contributed by atoms with E-state index in [1.807, 2.05) is 0 Å². The topological polar surface area (TPSA) is 93.5 Å². The highest BCUT2D eigenvalue weighted by atomic mass is 16.5. The Morgan fingerprint density at radius 3 is 2.59 bits per heavy atom. The van der Waals surface area contributed by atoms with Crippen molar-refractivity contribution in [2.24, 2.45) is 0 Å². The summed E-state index contributed by atoms with van der Waals surface area (Å²) in [5.41, 5.74) is 6.86. The molecule has 4 N–H and O–H groups in total. The highest BCUT2D eigenvalue weighted by Crippen LogP contribution is 2.23. The number of amides is 2. The van der Waals surface area contributed by atoms with Crippen molar-refractivity contribution < 1.29 is 14.3 Å². The number of hydrogen-bond donors (Lipinski definition) is 3. The summed E-state index contributed by atoms with van der Waals surface area (Å²) in [6.45, 7) is 4.92. The Bertz CT molecular complexity index is 503. The Hall–Kier alpha value is -2.24. The molecule has 1 rings (SSSR count). The van der Waals surface area contributed by atoms with Gasteiger partial charge in [-0.15, -0.1) is 0 Å². The molecule has 0 unspecified atom stereocenters. The lowest BCUT2D eigenvalue weighted by Gasteiger charge is -2.11. The maximum Gasteiger partial charge on any atom is 0.251 e. The van der Waals surface area contributed by atoms with Crippen LogP contribution in [0.25, 0.3) is 0 Å². The van der Waals surface area contributed by atoms with Gasteiger partial charge >= 0.3 is 0 Å². The van der Waals surface area contributed by atoms with Crippen molar-refractivity contribution in [2.75, 3.05) is 25.4 Å². The summed E-state index contributed by atoms with van der Waals surface area (Å²) in [5, 5.41) is 5.34. The average Bonchev–Trinajstić information content (AvgIpc) is 2.49. The number of benzene rings is 1. The third-order valence-electron chi connectivity index (χ3n) is 3.07. The van der Waals surface area contributed by atoms with Crippen LogP contribution in [0.2, 0.25) is 0 Å². The number of rotatable bonds is 9. The van der Waals surface area contributed by atoms with Crippen molar-refractivity contribution in [2.45, 2.75) is 33.1 Å². The van der Waals surface area contributed by atoms with Crippen LogP contribution in [0, 0.1) is 0 Å². The summed E-state index contributed by atoms with van der Waals surface area (Å²) >= 11 is 0. The quantitative estimate of drug-likeness (QED) is 0.478. The Labute approximate surface area is 131 Å².